The largest absolute Gasteiger partial charge is 0.260 e. The molecular formula is C10H12N2. The standard InChI is InChI=1S/C10H12N2/c1-7(2)8-4-3-5-9-10(8)12-6-11-9/h3-5,7H,6H2,1-2H3. The molecule has 0 amide bonds. The van der Waals surface area contributed by atoms with Gasteiger partial charge in [0.05, 0.1) is 10.7 Å². The Labute approximate surface area is 71.7 Å². The van der Waals surface area contributed by atoms with E-state index < -0.39 is 0 Å². The van der Waals surface area contributed by atoms with Crippen molar-refractivity contribution >= 4 is 0 Å². The Morgan fingerprint density at radius 3 is 2.83 bits per heavy atom. The number of benzene rings is 1. The molecule has 0 fully saturated rings. The lowest BCUT2D eigenvalue weighted by Gasteiger charge is -2.02. The number of hydrogen-bond donors (Lipinski definition) is 0. The van der Waals surface area contributed by atoms with Crippen LogP contribution in [0, 0.1) is 0 Å². The Morgan fingerprint density at radius 1 is 1.25 bits per heavy atom. The molecule has 0 saturated carbocycles. The third kappa shape index (κ3) is 1.04. The van der Waals surface area contributed by atoms with Gasteiger partial charge in [-0.25, -0.2) is 0 Å². The molecule has 0 aliphatic carbocycles. The molecule has 2 nitrogen and oxygen atoms in total. The molecule has 0 aromatic heterocycles. The molecule has 1 aliphatic rings. The van der Waals surface area contributed by atoms with E-state index in [9.17, 15) is 0 Å². The van der Waals surface area contributed by atoms with Crippen molar-refractivity contribution in [3.8, 4) is 0 Å². The normalized spacial score (nSPS) is 13.9. The highest BCUT2D eigenvalue weighted by molar-refractivity contribution is 5.18. The van der Waals surface area contributed by atoms with Crippen molar-refractivity contribution in [1.82, 2.24) is 0 Å². The monoisotopic (exact) mass is 160 g/mol. The lowest BCUT2D eigenvalue weighted by atomic mass is 10.0. The second-order valence-corrected chi connectivity index (χ2v) is 3.33. The summed E-state index contributed by atoms with van der Waals surface area (Å²) in [5, 5.41) is 2.16. The van der Waals surface area contributed by atoms with Crippen LogP contribution < -0.4 is 10.7 Å². The SMILES string of the molecule is CC(C)c1cccc2c1=NCN=2. The van der Waals surface area contributed by atoms with Gasteiger partial charge < -0.3 is 0 Å². The van der Waals surface area contributed by atoms with Crippen molar-refractivity contribution in [3.63, 3.8) is 0 Å². The lowest BCUT2D eigenvalue weighted by Crippen LogP contribution is -2.26. The van der Waals surface area contributed by atoms with Gasteiger partial charge in [0.25, 0.3) is 0 Å². The fourth-order valence-corrected chi connectivity index (χ4v) is 1.50. The second-order valence-electron chi connectivity index (χ2n) is 3.33. The molecular weight excluding hydrogens is 148 g/mol. The van der Waals surface area contributed by atoms with Crippen LogP contribution in [0.25, 0.3) is 0 Å². The molecule has 2 heteroatoms. The Hall–Kier alpha value is -1.18. The van der Waals surface area contributed by atoms with Gasteiger partial charge in [0.2, 0.25) is 0 Å². The number of hydrogen-bond acceptors (Lipinski definition) is 2. The molecule has 1 aliphatic heterocycles. The highest BCUT2D eigenvalue weighted by Gasteiger charge is 2.05. The summed E-state index contributed by atoms with van der Waals surface area (Å²) >= 11 is 0. The molecule has 0 spiro atoms. The van der Waals surface area contributed by atoms with Gasteiger partial charge in [0.15, 0.2) is 0 Å². The summed E-state index contributed by atoms with van der Waals surface area (Å²) in [6.45, 7) is 4.98. The van der Waals surface area contributed by atoms with E-state index in [4.69, 9.17) is 0 Å². The highest BCUT2D eigenvalue weighted by atomic mass is 15.0. The first-order valence-corrected chi connectivity index (χ1v) is 4.27. The maximum Gasteiger partial charge on any atom is 0.130 e. The van der Waals surface area contributed by atoms with E-state index in [1.54, 1.807) is 0 Å². The zero-order valence-corrected chi connectivity index (χ0v) is 7.41. The van der Waals surface area contributed by atoms with E-state index in [2.05, 4.69) is 36.0 Å². The van der Waals surface area contributed by atoms with E-state index >= 15 is 0 Å². The Balaban J connectivity index is 2.75. The van der Waals surface area contributed by atoms with Crippen LogP contribution in [0.3, 0.4) is 0 Å². The van der Waals surface area contributed by atoms with Crippen LogP contribution in [0.1, 0.15) is 25.3 Å². The molecule has 1 aromatic rings. The lowest BCUT2D eigenvalue weighted by molar-refractivity contribution is 0.847. The molecule has 0 saturated heterocycles. The highest BCUT2D eigenvalue weighted by Crippen LogP contribution is 2.07. The van der Waals surface area contributed by atoms with Gasteiger partial charge in [-0.1, -0.05) is 26.0 Å². The minimum Gasteiger partial charge on any atom is -0.260 e. The van der Waals surface area contributed by atoms with Gasteiger partial charge in [0, 0.05) is 0 Å². The number of para-hydroxylation sites is 1. The van der Waals surface area contributed by atoms with Gasteiger partial charge in [0.1, 0.15) is 6.67 Å². The summed E-state index contributed by atoms with van der Waals surface area (Å²) in [7, 11) is 0. The van der Waals surface area contributed by atoms with Crippen molar-refractivity contribution in [2.45, 2.75) is 19.8 Å². The van der Waals surface area contributed by atoms with Crippen LogP contribution in [0.4, 0.5) is 0 Å². The first-order chi connectivity index (χ1) is 5.79. The van der Waals surface area contributed by atoms with Crippen molar-refractivity contribution in [2.75, 3.05) is 6.67 Å². The quantitative estimate of drug-likeness (QED) is 0.586. The van der Waals surface area contributed by atoms with E-state index in [1.165, 1.54) is 5.56 Å². The first-order valence-electron chi connectivity index (χ1n) is 4.27. The fourth-order valence-electron chi connectivity index (χ4n) is 1.50. The fraction of sp³-hybridized carbons (Fsp3) is 0.400. The first kappa shape index (κ1) is 7.47. The summed E-state index contributed by atoms with van der Waals surface area (Å²) in [6, 6.07) is 6.21. The van der Waals surface area contributed by atoms with Crippen LogP contribution in [0.5, 0.6) is 0 Å². The predicted octanol–water partition coefficient (Wildman–Crippen LogP) is 1.02. The molecule has 62 valence electrons. The van der Waals surface area contributed by atoms with Crippen molar-refractivity contribution in [3.05, 3.63) is 34.5 Å². The Bertz CT molecular complexity index is 404. The van der Waals surface area contributed by atoms with Crippen LogP contribution in [0.15, 0.2) is 28.2 Å². The molecule has 0 N–H and O–H groups in total. The van der Waals surface area contributed by atoms with Gasteiger partial charge in [-0.3, -0.25) is 9.98 Å². The zero-order chi connectivity index (χ0) is 8.55. The summed E-state index contributed by atoms with van der Waals surface area (Å²) in [6.07, 6.45) is 0. The maximum atomic E-state index is 4.35. The second kappa shape index (κ2) is 2.70. The number of rotatable bonds is 1. The Kier molecular flexibility index (Phi) is 1.68. The van der Waals surface area contributed by atoms with Crippen molar-refractivity contribution in [1.29, 1.82) is 0 Å². The maximum absolute atomic E-state index is 4.35. The minimum absolute atomic E-state index is 0.539. The van der Waals surface area contributed by atoms with E-state index in [1.807, 2.05) is 6.07 Å². The van der Waals surface area contributed by atoms with Crippen LogP contribution in [0.2, 0.25) is 0 Å². The zero-order valence-electron chi connectivity index (χ0n) is 7.41. The molecule has 2 rings (SSSR count). The molecule has 1 aromatic carbocycles. The van der Waals surface area contributed by atoms with Crippen LogP contribution >= 0.6 is 0 Å². The van der Waals surface area contributed by atoms with E-state index in [-0.39, 0.29) is 0 Å². The predicted molar refractivity (Wildman–Crippen MR) is 47.7 cm³/mol. The number of fused-ring (bicyclic) bond motifs is 1. The third-order valence-electron chi connectivity index (χ3n) is 2.14. The molecule has 1 heterocycles. The van der Waals surface area contributed by atoms with Crippen molar-refractivity contribution < 1.29 is 0 Å². The van der Waals surface area contributed by atoms with Crippen molar-refractivity contribution in [2.24, 2.45) is 9.98 Å². The van der Waals surface area contributed by atoms with E-state index in [0.717, 1.165) is 10.7 Å². The van der Waals surface area contributed by atoms with Gasteiger partial charge in [-0.2, -0.15) is 0 Å². The van der Waals surface area contributed by atoms with Crippen LogP contribution in [-0.2, 0) is 0 Å². The summed E-state index contributed by atoms with van der Waals surface area (Å²) in [5.74, 6) is 0.539. The smallest absolute Gasteiger partial charge is 0.130 e. The minimum atomic E-state index is 0.539. The van der Waals surface area contributed by atoms with Gasteiger partial charge in [-0.15, -0.1) is 0 Å². The average Bonchev–Trinajstić information content (AvgIpc) is 2.49. The summed E-state index contributed by atoms with van der Waals surface area (Å²) in [5.41, 5.74) is 1.31. The molecule has 0 radical (unpaired) electrons. The van der Waals surface area contributed by atoms with Crippen LogP contribution in [-0.4, -0.2) is 6.67 Å². The molecule has 0 atom stereocenters. The summed E-state index contributed by atoms with van der Waals surface area (Å²) < 4.78 is 0. The van der Waals surface area contributed by atoms with E-state index in [0.29, 0.717) is 12.6 Å². The molecule has 0 bridgehead atoms. The Morgan fingerprint density at radius 2 is 2.08 bits per heavy atom. The van der Waals surface area contributed by atoms with Gasteiger partial charge in [-0.05, 0) is 17.5 Å². The number of nitrogens with zero attached hydrogens (tertiary/aromatic N) is 2. The molecule has 12 heavy (non-hydrogen) atoms. The summed E-state index contributed by atoms with van der Waals surface area (Å²) in [4.78, 5) is 8.63. The van der Waals surface area contributed by atoms with Gasteiger partial charge >= 0.3 is 0 Å². The molecule has 0 unspecified atom stereocenters. The topological polar surface area (TPSA) is 24.7 Å². The third-order valence-corrected chi connectivity index (χ3v) is 2.14. The average molecular weight is 160 g/mol.